The van der Waals surface area contributed by atoms with E-state index in [1.807, 2.05) is 19.9 Å². The van der Waals surface area contributed by atoms with E-state index in [-0.39, 0.29) is 5.75 Å². The molecular weight excluding hydrogens is 214 g/mol. The van der Waals surface area contributed by atoms with Crippen molar-refractivity contribution in [3.8, 4) is 22.6 Å². The summed E-state index contributed by atoms with van der Waals surface area (Å²) in [5.74, 6) is 0.958. The Labute approximate surface area is 101 Å². The first-order valence-corrected chi connectivity index (χ1v) is 5.41. The fraction of sp³-hybridized carbons (Fsp3) is 0.214. The summed E-state index contributed by atoms with van der Waals surface area (Å²) >= 11 is 0. The Morgan fingerprint density at radius 2 is 1.88 bits per heavy atom. The average molecular weight is 229 g/mol. The molecule has 0 spiro atoms. The third-order valence-electron chi connectivity index (χ3n) is 2.68. The second-order valence-electron chi connectivity index (χ2n) is 4.09. The molecule has 1 aromatic carbocycles. The molecule has 1 heterocycles. The number of aromatic hydroxyl groups is 1. The van der Waals surface area contributed by atoms with E-state index in [4.69, 9.17) is 4.74 Å². The minimum Gasteiger partial charge on any atom is -0.506 e. The van der Waals surface area contributed by atoms with Crippen molar-refractivity contribution in [2.24, 2.45) is 0 Å². The van der Waals surface area contributed by atoms with Crippen LogP contribution in [0.15, 0.2) is 30.6 Å². The van der Waals surface area contributed by atoms with Crippen LogP contribution in [-0.4, -0.2) is 17.2 Å². The van der Waals surface area contributed by atoms with Gasteiger partial charge in [0.15, 0.2) is 0 Å². The lowest BCUT2D eigenvalue weighted by Crippen LogP contribution is -1.93. The zero-order chi connectivity index (χ0) is 12.4. The average Bonchev–Trinajstić information content (AvgIpc) is 2.27. The number of benzene rings is 1. The molecule has 0 radical (unpaired) electrons. The Morgan fingerprint density at radius 1 is 1.12 bits per heavy atom. The van der Waals surface area contributed by atoms with Crippen LogP contribution in [0, 0.1) is 13.8 Å². The summed E-state index contributed by atoms with van der Waals surface area (Å²) in [4.78, 5) is 3.99. The van der Waals surface area contributed by atoms with Gasteiger partial charge in [0.05, 0.1) is 13.3 Å². The summed E-state index contributed by atoms with van der Waals surface area (Å²) in [7, 11) is 1.65. The molecule has 0 unspecified atom stereocenters. The summed E-state index contributed by atoms with van der Waals surface area (Å²) in [6.45, 7) is 4.05. The molecule has 88 valence electrons. The fourth-order valence-electron chi connectivity index (χ4n) is 2.02. The summed E-state index contributed by atoms with van der Waals surface area (Å²) in [6, 6.07) is 5.75. The fourth-order valence-corrected chi connectivity index (χ4v) is 2.02. The molecule has 0 aliphatic rings. The topological polar surface area (TPSA) is 42.4 Å². The van der Waals surface area contributed by atoms with Crippen molar-refractivity contribution < 1.29 is 9.84 Å². The van der Waals surface area contributed by atoms with Crippen molar-refractivity contribution in [1.82, 2.24) is 4.98 Å². The van der Waals surface area contributed by atoms with Gasteiger partial charge in [-0.05, 0) is 37.1 Å². The van der Waals surface area contributed by atoms with Gasteiger partial charge in [0.2, 0.25) is 0 Å². The zero-order valence-electron chi connectivity index (χ0n) is 10.2. The third-order valence-corrected chi connectivity index (χ3v) is 2.68. The van der Waals surface area contributed by atoms with Crippen LogP contribution in [0.4, 0.5) is 0 Å². The number of hydrogen-bond donors (Lipinski definition) is 1. The summed E-state index contributed by atoms with van der Waals surface area (Å²) < 4.78 is 5.39. The first-order valence-electron chi connectivity index (χ1n) is 5.41. The number of aromatic nitrogens is 1. The molecule has 0 saturated heterocycles. The SMILES string of the molecule is COc1cc(C)cc(C)c1-c1cncc(O)c1. The number of methoxy groups -OCH3 is 1. The van der Waals surface area contributed by atoms with Gasteiger partial charge in [0.25, 0.3) is 0 Å². The highest BCUT2D eigenvalue weighted by Crippen LogP contribution is 2.34. The predicted molar refractivity (Wildman–Crippen MR) is 67.4 cm³/mol. The van der Waals surface area contributed by atoms with Crippen LogP contribution in [-0.2, 0) is 0 Å². The van der Waals surface area contributed by atoms with Gasteiger partial charge in [-0.15, -0.1) is 0 Å². The molecule has 2 rings (SSSR count). The highest BCUT2D eigenvalue weighted by atomic mass is 16.5. The molecule has 0 atom stereocenters. The number of aryl methyl sites for hydroxylation is 2. The Hall–Kier alpha value is -2.03. The number of ether oxygens (including phenoxy) is 1. The highest BCUT2D eigenvalue weighted by molar-refractivity contribution is 5.74. The Morgan fingerprint density at radius 3 is 2.53 bits per heavy atom. The molecule has 0 aliphatic heterocycles. The van der Waals surface area contributed by atoms with Crippen molar-refractivity contribution in [3.63, 3.8) is 0 Å². The highest BCUT2D eigenvalue weighted by Gasteiger charge is 2.10. The molecule has 0 aliphatic carbocycles. The quantitative estimate of drug-likeness (QED) is 0.860. The molecule has 0 fully saturated rings. The molecular formula is C14H15NO2. The van der Waals surface area contributed by atoms with Crippen LogP contribution in [0.25, 0.3) is 11.1 Å². The Bertz CT molecular complexity index is 550. The van der Waals surface area contributed by atoms with E-state index in [1.54, 1.807) is 19.4 Å². The van der Waals surface area contributed by atoms with E-state index in [1.165, 1.54) is 6.20 Å². The monoisotopic (exact) mass is 229 g/mol. The van der Waals surface area contributed by atoms with Gasteiger partial charge >= 0.3 is 0 Å². The molecule has 3 heteroatoms. The van der Waals surface area contributed by atoms with Crippen molar-refractivity contribution in [2.75, 3.05) is 7.11 Å². The molecule has 1 aromatic heterocycles. The lowest BCUT2D eigenvalue weighted by Gasteiger charge is -2.13. The summed E-state index contributed by atoms with van der Waals surface area (Å²) in [5.41, 5.74) is 4.09. The number of rotatable bonds is 2. The Kier molecular flexibility index (Phi) is 3.00. The molecule has 17 heavy (non-hydrogen) atoms. The van der Waals surface area contributed by atoms with Gasteiger partial charge in [0, 0.05) is 17.3 Å². The van der Waals surface area contributed by atoms with E-state index >= 15 is 0 Å². The van der Waals surface area contributed by atoms with E-state index in [0.717, 1.165) is 28.0 Å². The standard InChI is InChI=1S/C14H15NO2/c1-9-4-10(2)14(13(5-9)17-3)11-6-12(16)8-15-7-11/h4-8,16H,1-3H3. The second kappa shape index (κ2) is 4.45. The maximum Gasteiger partial charge on any atom is 0.134 e. The molecule has 0 saturated carbocycles. The smallest absolute Gasteiger partial charge is 0.134 e. The van der Waals surface area contributed by atoms with Crippen molar-refractivity contribution >= 4 is 0 Å². The Balaban J connectivity index is 2.66. The normalized spacial score (nSPS) is 10.3. The molecule has 2 aromatic rings. The molecule has 0 bridgehead atoms. The van der Waals surface area contributed by atoms with Gasteiger partial charge in [-0.2, -0.15) is 0 Å². The van der Waals surface area contributed by atoms with Crippen molar-refractivity contribution in [1.29, 1.82) is 0 Å². The van der Waals surface area contributed by atoms with Gasteiger partial charge in [-0.1, -0.05) is 6.07 Å². The van der Waals surface area contributed by atoms with E-state index in [2.05, 4.69) is 11.1 Å². The van der Waals surface area contributed by atoms with Gasteiger partial charge in [-0.25, -0.2) is 0 Å². The van der Waals surface area contributed by atoms with Gasteiger partial charge < -0.3 is 9.84 Å². The maximum atomic E-state index is 9.48. The molecule has 0 amide bonds. The summed E-state index contributed by atoms with van der Waals surface area (Å²) in [6.07, 6.45) is 3.14. The van der Waals surface area contributed by atoms with E-state index in [0.29, 0.717) is 0 Å². The van der Waals surface area contributed by atoms with Crippen LogP contribution in [0.2, 0.25) is 0 Å². The van der Waals surface area contributed by atoms with E-state index < -0.39 is 0 Å². The third kappa shape index (κ3) is 2.23. The van der Waals surface area contributed by atoms with Gasteiger partial charge in [0.1, 0.15) is 11.5 Å². The van der Waals surface area contributed by atoms with Crippen LogP contribution >= 0.6 is 0 Å². The van der Waals surface area contributed by atoms with Gasteiger partial charge in [-0.3, -0.25) is 4.98 Å². The van der Waals surface area contributed by atoms with Crippen LogP contribution in [0.1, 0.15) is 11.1 Å². The first-order chi connectivity index (χ1) is 8.11. The van der Waals surface area contributed by atoms with Crippen LogP contribution in [0.5, 0.6) is 11.5 Å². The number of hydrogen-bond acceptors (Lipinski definition) is 3. The predicted octanol–water partition coefficient (Wildman–Crippen LogP) is 3.08. The van der Waals surface area contributed by atoms with Crippen molar-refractivity contribution in [3.05, 3.63) is 41.7 Å². The summed E-state index contributed by atoms with van der Waals surface area (Å²) in [5, 5.41) is 9.48. The minimum absolute atomic E-state index is 0.157. The second-order valence-corrected chi connectivity index (χ2v) is 4.09. The maximum absolute atomic E-state index is 9.48. The lowest BCUT2D eigenvalue weighted by molar-refractivity contribution is 0.416. The van der Waals surface area contributed by atoms with E-state index in [9.17, 15) is 5.11 Å². The van der Waals surface area contributed by atoms with Crippen molar-refractivity contribution in [2.45, 2.75) is 13.8 Å². The molecule has 3 nitrogen and oxygen atoms in total. The first kappa shape index (κ1) is 11.5. The largest absolute Gasteiger partial charge is 0.506 e. The van der Waals surface area contributed by atoms with Crippen LogP contribution < -0.4 is 4.74 Å². The number of pyridine rings is 1. The minimum atomic E-state index is 0.157. The van der Waals surface area contributed by atoms with Crippen LogP contribution in [0.3, 0.4) is 0 Å². The zero-order valence-corrected chi connectivity index (χ0v) is 10.2. The molecule has 1 N–H and O–H groups in total. The lowest BCUT2D eigenvalue weighted by atomic mass is 9.98. The number of nitrogens with zero attached hydrogens (tertiary/aromatic N) is 1.